The van der Waals surface area contributed by atoms with Crippen LogP contribution in [0.3, 0.4) is 0 Å². The van der Waals surface area contributed by atoms with Gasteiger partial charge in [-0.15, -0.1) is 0 Å². The van der Waals surface area contributed by atoms with E-state index < -0.39 is 20.2 Å². The van der Waals surface area contributed by atoms with E-state index in [0.29, 0.717) is 0 Å². The predicted octanol–water partition coefficient (Wildman–Crippen LogP) is 3.67. The molecule has 2 aromatic carbocycles. The van der Waals surface area contributed by atoms with E-state index in [1.165, 1.54) is 5.56 Å². The molecule has 0 spiro atoms. The fourth-order valence-electron chi connectivity index (χ4n) is 3.14. The second-order valence-corrected chi connectivity index (χ2v) is 12.5. The summed E-state index contributed by atoms with van der Waals surface area (Å²) in [5.41, 5.74) is 3.31. The first kappa shape index (κ1) is 14.0. The molecule has 0 radical (unpaired) electrons. The van der Waals surface area contributed by atoms with Gasteiger partial charge in [0.1, 0.15) is 0 Å². The fourth-order valence-corrected chi connectivity index (χ4v) is 12.0. The molecule has 3 rings (SSSR count). The van der Waals surface area contributed by atoms with Crippen LogP contribution in [0, 0.1) is 5.41 Å². The van der Waals surface area contributed by atoms with Gasteiger partial charge in [-0.2, -0.15) is 0 Å². The summed E-state index contributed by atoms with van der Waals surface area (Å²) < 4.78 is 4.97. The van der Waals surface area contributed by atoms with Crippen LogP contribution in [-0.4, -0.2) is 20.2 Å². The molecule has 20 heavy (non-hydrogen) atoms. The summed E-state index contributed by atoms with van der Waals surface area (Å²) >= 11 is -1.79. The molecule has 0 aromatic heterocycles. The first-order valence-corrected chi connectivity index (χ1v) is 11.0. The standard InChI is InChI=1S/C13H16.C6H5.Sb/c1-11(10-13(2,3)4)12-8-6-5-7-9-12;1-2-4-6-5-3-1;/h5-8H,1-4H3;1-5H;. The van der Waals surface area contributed by atoms with Gasteiger partial charge < -0.3 is 0 Å². The molecule has 0 saturated heterocycles. The molecular weight excluding hydrogens is 350 g/mol. The van der Waals surface area contributed by atoms with Gasteiger partial charge in [0.2, 0.25) is 0 Å². The normalized spacial score (nSPS) is 15.6. The Morgan fingerprint density at radius 1 is 0.800 bits per heavy atom. The van der Waals surface area contributed by atoms with Crippen molar-refractivity contribution in [1.29, 1.82) is 0 Å². The Morgan fingerprint density at radius 2 is 1.40 bits per heavy atom. The van der Waals surface area contributed by atoms with Gasteiger partial charge in [-0.25, -0.2) is 0 Å². The van der Waals surface area contributed by atoms with E-state index in [0.717, 1.165) is 0 Å². The number of rotatable bonds is 1. The number of benzene rings is 2. The van der Waals surface area contributed by atoms with Crippen LogP contribution in [0.25, 0.3) is 5.57 Å². The molecule has 1 heterocycles. The second kappa shape index (κ2) is 5.08. The molecule has 1 aliphatic heterocycles. The maximum atomic E-state index is 2.37. The van der Waals surface area contributed by atoms with Gasteiger partial charge in [-0.3, -0.25) is 0 Å². The van der Waals surface area contributed by atoms with E-state index in [-0.39, 0.29) is 5.41 Å². The first-order chi connectivity index (χ1) is 9.50. The Hall–Kier alpha value is -1.00. The van der Waals surface area contributed by atoms with Crippen molar-refractivity contribution >= 4 is 32.8 Å². The summed E-state index contributed by atoms with van der Waals surface area (Å²) in [5.74, 6) is 0. The van der Waals surface area contributed by atoms with Crippen LogP contribution in [0.4, 0.5) is 0 Å². The van der Waals surface area contributed by atoms with Gasteiger partial charge >= 0.3 is 130 Å². The molecule has 0 bridgehead atoms. The van der Waals surface area contributed by atoms with E-state index in [2.05, 4.69) is 82.3 Å². The number of allylic oxidation sites excluding steroid dienone is 2. The van der Waals surface area contributed by atoms with Crippen molar-refractivity contribution < 1.29 is 0 Å². The van der Waals surface area contributed by atoms with Crippen LogP contribution in [0.2, 0.25) is 0 Å². The van der Waals surface area contributed by atoms with E-state index in [1.807, 2.05) is 0 Å². The molecule has 2 aromatic rings. The third-order valence-electron chi connectivity index (χ3n) is 3.85. The number of fused-ring (bicyclic) bond motifs is 1. The van der Waals surface area contributed by atoms with Crippen LogP contribution in [0.5, 0.6) is 0 Å². The first-order valence-electron chi connectivity index (χ1n) is 7.16. The zero-order valence-corrected chi connectivity index (χ0v) is 15.2. The van der Waals surface area contributed by atoms with Crippen LogP contribution in [-0.2, 0) is 0 Å². The molecular formula is C19H21Sb. The van der Waals surface area contributed by atoms with Gasteiger partial charge in [0.15, 0.2) is 0 Å². The monoisotopic (exact) mass is 370 g/mol. The van der Waals surface area contributed by atoms with Crippen LogP contribution >= 0.6 is 0 Å². The fraction of sp³-hybridized carbons (Fsp3) is 0.263. The summed E-state index contributed by atoms with van der Waals surface area (Å²) in [7, 11) is 0. The number of hydrogen-bond acceptors (Lipinski definition) is 0. The van der Waals surface area contributed by atoms with Crippen molar-refractivity contribution in [2.24, 2.45) is 5.41 Å². The third-order valence-corrected chi connectivity index (χ3v) is 12.8. The summed E-state index contributed by atoms with van der Waals surface area (Å²) in [6.45, 7) is 9.44. The molecule has 1 aliphatic rings. The van der Waals surface area contributed by atoms with Crippen molar-refractivity contribution in [3.05, 3.63) is 63.7 Å². The van der Waals surface area contributed by atoms with Crippen LogP contribution in [0.1, 0.15) is 33.3 Å². The van der Waals surface area contributed by atoms with Crippen molar-refractivity contribution in [2.45, 2.75) is 27.7 Å². The quantitative estimate of drug-likeness (QED) is 0.672. The SMILES string of the molecule is CC1=[C](C(C)(C)C)[Sb]([c]2ccccc2)[c]2ccccc21. The Kier molecular flexibility index (Phi) is 3.54. The third kappa shape index (κ3) is 2.25. The van der Waals surface area contributed by atoms with E-state index in [1.54, 1.807) is 16.1 Å². The maximum absolute atomic E-state index is 2.37. The van der Waals surface area contributed by atoms with Crippen molar-refractivity contribution in [2.75, 3.05) is 0 Å². The Morgan fingerprint density at radius 3 is 2.05 bits per heavy atom. The molecule has 0 nitrogen and oxygen atoms in total. The van der Waals surface area contributed by atoms with E-state index in [9.17, 15) is 0 Å². The molecule has 0 atom stereocenters. The molecule has 102 valence electrons. The average molecular weight is 371 g/mol. The molecule has 0 aliphatic carbocycles. The Labute approximate surface area is 129 Å². The summed E-state index contributed by atoms with van der Waals surface area (Å²) in [5, 5.41) is 0. The molecule has 0 unspecified atom stereocenters. The molecule has 0 amide bonds. The van der Waals surface area contributed by atoms with Gasteiger partial charge in [0, 0.05) is 0 Å². The predicted molar refractivity (Wildman–Crippen MR) is 90.0 cm³/mol. The van der Waals surface area contributed by atoms with E-state index >= 15 is 0 Å². The van der Waals surface area contributed by atoms with Crippen LogP contribution in [0.15, 0.2) is 58.1 Å². The summed E-state index contributed by atoms with van der Waals surface area (Å²) in [6.07, 6.45) is 0. The van der Waals surface area contributed by atoms with E-state index in [4.69, 9.17) is 0 Å². The molecule has 1 heteroatoms. The van der Waals surface area contributed by atoms with Crippen LogP contribution < -0.4 is 7.02 Å². The van der Waals surface area contributed by atoms with Gasteiger partial charge in [-0.1, -0.05) is 0 Å². The van der Waals surface area contributed by atoms with Crippen molar-refractivity contribution in [1.82, 2.24) is 0 Å². The Bertz CT molecular complexity index is 660. The Balaban J connectivity index is 2.25. The summed E-state index contributed by atoms with van der Waals surface area (Å²) in [6, 6.07) is 20.2. The zero-order chi connectivity index (χ0) is 14.3. The van der Waals surface area contributed by atoms with Gasteiger partial charge in [0.05, 0.1) is 0 Å². The van der Waals surface area contributed by atoms with Gasteiger partial charge in [-0.05, 0) is 0 Å². The summed E-state index contributed by atoms with van der Waals surface area (Å²) in [4.78, 5) is 0. The average Bonchev–Trinajstić information content (AvgIpc) is 2.74. The van der Waals surface area contributed by atoms with Gasteiger partial charge in [0.25, 0.3) is 0 Å². The van der Waals surface area contributed by atoms with Crippen molar-refractivity contribution in [3.8, 4) is 0 Å². The molecule has 0 saturated carbocycles. The van der Waals surface area contributed by atoms with Crippen molar-refractivity contribution in [3.63, 3.8) is 0 Å². The molecule has 0 N–H and O–H groups in total. The topological polar surface area (TPSA) is 0 Å². The zero-order valence-electron chi connectivity index (χ0n) is 12.6. The number of hydrogen-bond donors (Lipinski definition) is 0. The minimum atomic E-state index is -1.79. The minimum absolute atomic E-state index is 0.266. The molecule has 0 fully saturated rings. The second-order valence-electron chi connectivity index (χ2n) is 6.41.